The van der Waals surface area contributed by atoms with Crippen molar-refractivity contribution in [2.75, 3.05) is 7.05 Å². The molecule has 1 radical (unpaired) electrons. The van der Waals surface area contributed by atoms with Crippen molar-refractivity contribution in [3.8, 4) is 0 Å². The van der Waals surface area contributed by atoms with Crippen LogP contribution >= 0.6 is 0 Å². The van der Waals surface area contributed by atoms with Gasteiger partial charge in [-0.3, -0.25) is 9.78 Å². The van der Waals surface area contributed by atoms with E-state index in [1.807, 2.05) is 0 Å². The van der Waals surface area contributed by atoms with Crippen molar-refractivity contribution < 1.29 is 4.79 Å². The minimum Gasteiger partial charge on any atom is -0.355 e. The van der Waals surface area contributed by atoms with E-state index >= 15 is 0 Å². The maximum atomic E-state index is 10.8. The number of nitrogens with one attached hydrogen (secondary N) is 1. The molecule has 10 heavy (non-hydrogen) atoms. The van der Waals surface area contributed by atoms with Crippen LogP contribution in [0.25, 0.3) is 0 Å². The Hall–Kier alpha value is -1.38. The number of carbonyl (C=O) groups excluding carboxylic acids is 1. The number of hydrogen-bond donors (Lipinski definition) is 1. The number of aromatic nitrogens is 1. The SMILES string of the molecule is CNC(=O)c1cc[c]nc1. The second-order valence-corrected chi connectivity index (χ2v) is 1.76. The molecule has 0 atom stereocenters. The topological polar surface area (TPSA) is 42.0 Å². The maximum Gasteiger partial charge on any atom is 0.252 e. The van der Waals surface area contributed by atoms with Crippen molar-refractivity contribution >= 4 is 5.91 Å². The van der Waals surface area contributed by atoms with E-state index in [4.69, 9.17) is 0 Å². The van der Waals surface area contributed by atoms with Gasteiger partial charge in [0.25, 0.3) is 5.91 Å². The molecule has 1 heterocycles. The second-order valence-electron chi connectivity index (χ2n) is 1.76. The Morgan fingerprint density at radius 1 is 1.80 bits per heavy atom. The van der Waals surface area contributed by atoms with E-state index in [9.17, 15) is 4.79 Å². The first kappa shape index (κ1) is 6.74. The fourth-order valence-electron chi connectivity index (χ4n) is 0.599. The molecule has 0 aromatic carbocycles. The van der Waals surface area contributed by atoms with Crippen molar-refractivity contribution in [2.45, 2.75) is 0 Å². The van der Waals surface area contributed by atoms with E-state index in [-0.39, 0.29) is 5.91 Å². The Bertz CT molecular complexity index is 220. The number of carbonyl (C=O) groups is 1. The molecule has 0 aliphatic carbocycles. The Kier molecular flexibility index (Phi) is 1.99. The lowest BCUT2D eigenvalue weighted by Gasteiger charge is -1.95. The smallest absolute Gasteiger partial charge is 0.252 e. The lowest BCUT2D eigenvalue weighted by molar-refractivity contribution is 0.0962. The van der Waals surface area contributed by atoms with Crippen molar-refractivity contribution in [1.29, 1.82) is 0 Å². The first-order valence-electron chi connectivity index (χ1n) is 2.89. The molecule has 51 valence electrons. The lowest BCUT2D eigenvalue weighted by Crippen LogP contribution is -2.17. The van der Waals surface area contributed by atoms with Crippen molar-refractivity contribution in [2.24, 2.45) is 0 Å². The van der Waals surface area contributed by atoms with E-state index in [2.05, 4.69) is 16.5 Å². The van der Waals surface area contributed by atoms with Gasteiger partial charge in [-0.25, -0.2) is 0 Å². The van der Waals surface area contributed by atoms with Crippen LogP contribution in [0.4, 0.5) is 0 Å². The number of rotatable bonds is 1. The van der Waals surface area contributed by atoms with Crippen LogP contribution in [0.3, 0.4) is 0 Å². The molecule has 0 aliphatic rings. The summed E-state index contributed by atoms with van der Waals surface area (Å²) >= 11 is 0. The summed E-state index contributed by atoms with van der Waals surface area (Å²) in [5, 5.41) is 2.49. The molecular formula is C7H7N2O. The standard InChI is InChI=1S/C7H7N2O/c1-8-7(10)6-3-2-4-9-5-6/h2-3,5H,1H3,(H,8,10). The predicted molar refractivity (Wildman–Crippen MR) is 36.5 cm³/mol. The highest BCUT2D eigenvalue weighted by atomic mass is 16.1. The summed E-state index contributed by atoms with van der Waals surface area (Å²) in [6.45, 7) is 0. The summed E-state index contributed by atoms with van der Waals surface area (Å²) < 4.78 is 0. The summed E-state index contributed by atoms with van der Waals surface area (Å²) in [6, 6.07) is 3.26. The van der Waals surface area contributed by atoms with Gasteiger partial charge in [-0.15, -0.1) is 0 Å². The van der Waals surface area contributed by atoms with Gasteiger partial charge in [-0.1, -0.05) is 0 Å². The molecule has 1 N–H and O–H groups in total. The number of amides is 1. The van der Waals surface area contributed by atoms with E-state index in [0.717, 1.165) is 0 Å². The molecule has 0 saturated heterocycles. The zero-order valence-corrected chi connectivity index (χ0v) is 5.59. The molecule has 1 aromatic rings. The number of pyridine rings is 1. The quantitative estimate of drug-likeness (QED) is 0.599. The molecule has 0 fully saturated rings. The van der Waals surface area contributed by atoms with Gasteiger partial charge in [-0.05, 0) is 12.1 Å². The fraction of sp³-hybridized carbons (Fsp3) is 0.143. The van der Waals surface area contributed by atoms with E-state index < -0.39 is 0 Å². The summed E-state index contributed by atoms with van der Waals surface area (Å²) in [4.78, 5) is 14.5. The highest BCUT2D eigenvalue weighted by Crippen LogP contribution is 1.92. The third-order valence-corrected chi connectivity index (χ3v) is 1.10. The Balaban J connectivity index is 2.85. The predicted octanol–water partition coefficient (Wildman–Crippen LogP) is 0.241. The normalized spacial score (nSPS) is 8.90. The van der Waals surface area contributed by atoms with Gasteiger partial charge in [0.05, 0.1) is 11.8 Å². The van der Waals surface area contributed by atoms with Crippen LogP contribution in [0.15, 0.2) is 18.3 Å². The average Bonchev–Trinajstić information content (AvgIpc) is 2.05. The fourth-order valence-corrected chi connectivity index (χ4v) is 0.599. The monoisotopic (exact) mass is 135 g/mol. The third kappa shape index (κ3) is 1.31. The lowest BCUT2D eigenvalue weighted by atomic mass is 10.3. The molecule has 0 unspecified atom stereocenters. The highest BCUT2D eigenvalue weighted by molar-refractivity contribution is 5.93. The average molecular weight is 135 g/mol. The van der Waals surface area contributed by atoms with Crippen LogP contribution in [0.1, 0.15) is 10.4 Å². The summed E-state index contributed by atoms with van der Waals surface area (Å²) in [5.74, 6) is -0.124. The van der Waals surface area contributed by atoms with Crippen LogP contribution in [-0.4, -0.2) is 17.9 Å². The number of hydrogen-bond acceptors (Lipinski definition) is 2. The molecule has 0 saturated carbocycles. The number of nitrogens with zero attached hydrogens (tertiary/aromatic N) is 1. The zero-order chi connectivity index (χ0) is 7.40. The van der Waals surface area contributed by atoms with Gasteiger partial charge in [0.2, 0.25) is 0 Å². The van der Waals surface area contributed by atoms with Gasteiger partial charge in [-0.2, -0.15) is 0 Å². The molecule has 3 nitrogen and oxygen atoms in total. The second kappa shape index (κ2) is 2.96. The molecular weight excluding hydrogens is 128 g/mol. The molecule has 1 rings (SSSR count). The van der Waals surface area contributed by atoms with Gasteiger partial charge in [0.1, 0.15) is 0 Å². The maximum absolute atomic E-state index is 10.8. The van der Waals surface area contributed by atoms with Crippen LogP contribution in [0.2, 0.25) is 0 Å². The first-order chi connectivity index (χ1) is 4.84. The molecule has 0 spiro atoms. The Labute approximate surface area is 59.1 Å². The van der Waals surface area contributed by atoms with Crippen LogP contribution in [0.5, 0.6) is 0 Å². The van der Waals surface area contributed by atoms with E-state index in [1.54, 1.807) is 19.2 Å². The van der Waals surface area contributed by atoms with Crippen LogP contribution in [0, 0.1) is 6.20 Å². The van der Waals surface area contributed by atoms with Gasteiger partial charge < -0.3 is 5.32 Å². The minimum absolute atomic E-state index is 0.124. The van der Waals surface area contributed by atoms with Crippen molar-refractivity contribution in [3.05, 3.63) is 30.1 Å². The van der Waals surface area contributed by atoms with Gasteiger partial charge >= 0.3 is 0 Å². The highest BCUT2D eigenvalue weighted by Gasteiger charge is 1.99. The third-order valence-electron chi connectivity index (χ3n) is 1.10. The Morgan fingerprint density at radius 3 is 3.10 bits per heavy atom. The van der Waals surface area contributed by atoms with E-state index in [1.165, 1.54) is 6.20 Å². The van der Waals surface area contributed by atoms with Gasteiger partial charge in [0, 0.05) is 13.2 Å². The van der Waals surface area contributed by atoms with Crippen molar-refractivity contribution in [3.63, 3.8) is 0 Å². The molecule has 3 heteroatoms. The largest absolute Gasteiger partial charge is 0.355 e. The molecule has 0 bridgehead atoms. The Morgan fingerprint density at radius 2 is 2.60 bits per heavy atom. The van der Waals surface area contributed by atoms with Crippen LogP contribution < -0.4 is 5.32 Å². The first-order valence-corrected chi connectivity index (χ1v) is 2.89. The summed E-state index contributed by atoms with van der Waals surface area (Å²) in [5.41, 5.74) is 0.557. The van der Waals surface area contributed by atoms with Crippen molar-refractivity contribution in [1.82, 2.24) is 10.3 Å². The summed E-state index contributed by atoms with van der Waals surface area (Å²) in [6.07, 6.45) is 4.05. The van der Waals surface area contributed by atoms with Gasteiger partial charge in [0.15, 0.2) is 0 Å². The van der Waals surface area contributed by atoms with Crippen LogP contribution in [-0.2, 0) is 0 Å². The van der Waals surface area contributed by atoms with E-state index in [0.29, 0.717) is 5.56 Å². The minimum atomic E-state index is -0.124. The summed E-state index contributed by atoms with van der Waals surface area (Å²) in [7, 11) is 1.58. The molecule has 0 aliphatic heterocycles. The zero-order valence-electron chi connectivity index (χ0n) is 5.59. The molecule has 1 aromatic heterocycles. The molecule has 1 amide bonds.